The van der Waals surface area contributed by atoms with Crippen LogP contribution in [0.25, 0.3) is 0 Å². The molecule has 0 radical (unpaired) electrons. The van der Waals surface area contributed by atoms with Gasteiger partial charge in [-0.05, 0) is 44.0 Å². The van der Waals surface area contributed by atoms with Gasteiger partial charge in [-0.25, -0.2) is 8.42 Å². The quantitative estimate of drug-likeness (QED) is 0.889. The zero-order valence-electron chi connectivity index (χ0n) is 12.4. The van der Waals surface area contributed by atoms with Crippen LogP contribution in [0.4, 0.5) is 5.69 Å². The molecule has 116 valence electrons. The molecular formula is C15H22N2O3S. The highest BCUT2D eigenvalue weighted by molar-refractivity contribution is 7.91. The second kappa shape index (κ2) is 5.77. The number of anilines is 1. The van der Waals surface area contributed by atoms with E-state index in [0.29, 0.717) is 5.69 Å². The van der Waals surface area contributed by atoms with Gasteiger partial charge in [-0.1, -0.05) is 13.3 Å². The summed E-state index contributed by atoms with van der Waals surface area (Å²) in [5, 5.41) is 2.84. The fraction of sp³-hybridized carbons (Fsp3) is 0.533. The van der Waals surface area contributed by atoms with E-state index in [2.05, 4.69) is 5.32 Å². The minimum Gasteiger partial charge on any atom is -0.327 e. The fourth-order valence-electron chi connectivity index (χ4n) is 2.66. The van der Waals surface area contributed by atoms with Crippen molar-refractivity contribution in [3.63, 3.8) is 0 Å². The molecule has 21 heavy (non-hydrogen) atoms. The van der Waals surface area contributed by atoms with E-state index < -0.39 is 15.3 Å². The Balaban J connectivity index is 2.12. The van der Waals surface area contributed by atoms with Crippen LogP contribution in [0, 0.1) is 5.41 Å². The van der Waals surface area contributed by atoms with Crippen molar-refractivity contribution in [2.75, 3.05) is 11.1 Å². The summed E-state index contributed by atoms with van der Waals surface area (Å²) in [7, 11) is -3.21. The van der Waals surface area contributed by atoms with Crippen LogP contribution in [0.2, 0.25) is 0 Å². The van der Waals surface area contributed by atoms with Gasteiger partial charge in [0, 0.05) is 11.7 Å². The number of benzene rings is 1. The molecule has 1 aromatic carbocycles. The summed E-state index contributed by atoms with van der Waals surface area (Å²) in [5.41, 5.74) is 6.07. The van der Waals surface area contributed by atoms with Gasteiger partial charge < -0.3 is 11.1 Å². The molecule has 1 aliphatic rings. The molecule has 2 rings (SSSR count). The molecule has 2 unspecified atom stereocenters. The molecule has 1 saturated carbocycles. The number of carbonyl (C=O) groups is 1. The van der Waals surface area contributed by atoms with Gasteiger partial charge in [0.2, 0.25) is 5.91 Å². The van der Waals surface area contributed by atoms with Crippen LogP contribution in [0.1, 0.15) is 33.1 Å². The number of hydrogen-bond acceptors (Lipinski definition) is 4. The second-order valence-electron chi connectivity index (χ2n) is 5.80. The van der Waals surface area contributed by atoms with Crippen LogP contribution in [0.3, 0.4) is 0 Å². The van der Waals surface area contributed by atoms with E-state index in [1.807, 2.05) is 6.92 Å². The van der Waals surface area contributed by atoms with Crippen LogP contribution in [-0.4, -0.2) is 26.1 Å². The van der Waals surface area contributed by atoms with E-state index in [1.165, 1.54) is 12.1 Å². The molecule has 0 bridgehead atoms. The molecule has 5 nitrogen and oxygen atoms in total. The van der Waals surface area contributed by atoms with Crippen molar-refractivity contribution < 1.29 is 13.2 Å². The molecule has 1 aliphatic carbocycles. The summed E-state index contributed by atoms with van der Waals surface area (Å²) in [4.78, 5) is 12.6. The minimum absolute atomic E-state index is 0.0611. The SMILES string of the molecule is CCS(=O)(=O)c1ccc(NC(=O)C2(C)CCCC2N)cc1. The lowest BCUT2D eigenvalue weighted by Crippen LogP contribution is -2.44. The first-order valence-corrected chi connectivity index (χ1v) is 8.84. The maximum Gasteiger partial charge on any atom is 0.231 e. The first kappa shape index (κ1) is 16.0. The molecule has 1 amide bonds. The molecule has 0 aliphatic heterocycles. The van der Waals surface area contributed by atoms with Gasteiger partial charge in [-0.3, -0.25) is 4.79 Å². The average Bonchev–Trinajstić information content (AvgIpc) is 2.80. The van der Waals surface area contributed by atoms with Crippen molar-refractivity contribution in [1.82, 2.24) is 0 Å². The van der Waals surface area contributed by atoms with Crippen LogP contribution in [0.15, 0.2) is 29.2 Å². The molecule has 0 heterocycles. The van der Waals surface area contributed by atoms with E-state index >= 15 is 0 Å². The zero-order chi connectivity index (χ0) is 15.7. The fourth-order valence-corrected chi connectivity index (χ4v) is 3.55. The summed E-state index contributed by atoms with van der Waals surface area (Å²) in [6.07, 6.45) is 2.60. The third-order valence-corrected chi connectivity index (χ3v) is 6.15. The maximum atomic E-state index is 12.4. The van der Waals surface area contributed by atoms with Crippen molar-refractivity contribution in [2.24, 2.45) is 11.1 Å². The van der Waals surface area contributed by atoms with Crippen LogP contribution >= 0.6 is 0 Å². The van der Waals surface area contributed by atoms with Gasteiger partial charge in [0.1, 0.15) is 0 Å². The molecule has 0 spiro atoms. The topological polar surface area (TPSA) is 89.3 Å². The first-order chi connectivity index (χ1) is 9.79. The number of nitrogens with two attached hydrogens (primary N) is 1. The van der Waals surface area contributed by atoms with E-state index in [-0.39, 0.29) is 22.6 Å². The van der Waals surface area contributed by atoms with Crippen molar-refractivity contribution in [2.45, 2.75) is 44.0 Å². The summed E-state index contributed by atoms with van der Waals surface area (Å²) in [5.74, 6) is -0.0374. The highest BCUT2D eigenvalue weighted by Gasteiger charge is 2.42. The third kappa shape index (κ3) is 3.11. The first-order valence-electron chi connectivity index (χ1n) is 7.19. The Morgan fingerprint density at radius 2 is 2.00 bits per heavy atom. The predicted molar refractivity (Wildman–Crippen MR) is 82.7 cm³/mol. The van der Waals surface area contributed by atoms with Gasteiger partial charge in [0.05, 0.1) is 16.1 Å². The zero-order valence-corrected chi connectivity index (χ0v) is 13.2. The van der Waals surface area contributed by atoms with Crippen molar-refractivity contribution in [1.29, 1.82) is 0 Å². The Kier molecular flexibility index (Phi) is 4.39. The number of hydrogen-bond donors (Lipinski definition) is 2. The highest BCUT2D eigenvalue weighted by atomic mass is 32.2. The number of amides is 1. The number of nitrogens with one attached hydrogen (secondary N) is 1. The monoisotopic (exact) mass is 310 g/mol. The molecule has 6 heteroatoms. The summed E-state index contributed by atoms with van der Waals surface area (Å²) >= 11 is 0. The van der Waals surface area contributed by atoms with E-state index in [9.17, 15) is 13.2 Å². The maximum absolute atomic E-state index is 12.4. The number of carbonyl (C=O) groups excluding carboxylic acids is 1. The van der Waals surface area contributed by atoms with Crippen molar-refractivity contribution in [3.05, 3.63) is 24.3 Å². The van der Waals surface area contributed by atoms with E-state index in [4.69, 9.17) is 5.73 Å². The molecule has 1 fully saturated rings. The minimum atomic E-state index is -3.21. The molecule has 1 aromatic rings. The Labute approximate surface area is 125 Å². The normalized spacial score (nSPS) is 25.8. The Morgan fingerprint density at radius 3 is 2.48 bits per heavy atom. The van der Waals surface area contributed by atoms with E-state index in [1.54, 1.807) is 19.1 Å². The van der Waals surface area contributed by atoms with Gasteiger partial charge in [-0.2, -0.15) is 0 Å². The molecule has 3 N–H and O–H groups in total. The third-order valence-electron chi connectivity index (χ3n) is 4.40. The van der Waals surface area contributed by atoms with Crippen molar-refractivity contribution in [3.8, 4) is 0 Å². The molecule has 0 saturated heterocycles. The summed E-state index contributed by atoms with van der Waals surface area (Å²) in [6.45, 7) is 3.49. The molecule has 2 atom stereocenters. The molecular weight excluding hydrogens is 288 g/mol. The lowest BCUT2D eigenvalue weighted by atomic mass is 9.84. The van der Waals surface area contributed by atoms with Gasteiger partial charge in [0.15, 0.2) is 9.84 Å². The number of rotatable bonds is 4. The highest BCUT2D eigenvalue weighted by Crippen LogP contribution is 2.37. The smallest absolute Gasteiger partial charge is 0.231 e. The standard InChI is InChI=1S/C15H22N2O3S/c1-3-21(19,20)12-8-6-11(7-9-12)17-14(18)15(2)10-4-5-13(15)16/h6-9,13H,3-5,10,16H2,1-2H3,(H,17,18). The largest absolute Gasteiger partial charge is 0.327 e. The van der Waals surface area contributed by atoms with Crippen molar-refractivity contribution >= 4 is 21.4 Å². The van der Waals surface area contributed by atoms with Crippen LogP contribution < -0.4 is 11.1 Å². The van der Waals surface area contributed by atoms with Gasteiger partial charge in [-0.15, -0.1) is 0 Å². The Hall–Kier alpha value is -1.40. The molecule has 0 aromatic heterocycles. The lowest BCUT2D eigenvalue weighted by molar-refractivity contribution is -0.125. The average molecular weight is 310 g/mol. The Morgan fingerprint density at radius 1 is 1.38 bits per heavy atom. The second-order valence-corrected chi connectivity index (χ2v) is 8.08. The number of sulfone groups is 1. The predicted octanol–water partition coefficient (Wildman–Crippen LogP) is 1.94. The van der Waals surface area contributed by atoms with Gasteiger partial charge >= 0.3 is 0 Å². The van der Waals surface area contributed by atoms with Gasteiger partial charge in [0.25, 0.3) is 0 Å². The van der Waals surface area contributed by atoms with E-state index in [0.717, 1.165) is 19.3 Å². The van der Waals surface area contributed by atoms with Crippen LogP contribution in [0.5, 0.6) is 0 Å². The summed E-state index contributed by atoms with van der Waals surface area (Å²) < 4.78 is 23.5. The van der Waals surface area contributed by atoms with Crippen LogP contribution in [-0.2, 0) is 14.6 Å². The lowest BCUT2D eigenvalue weighted by Gasteiger charge is -2.27. The summed E-state index contributed by atoms with van der Waals surface area (Å²) in [6, 6.07) is 6.14. The Bertz CT molecular complexity index is 625.